The van der Waals surface area contributed by atoms with Crippen molar-refractivity contribution in [3.63, 3.8) is 0 Å². The normalized spacial score (nSPS) is 25.4. The molecule has 2 saturated carbocycles. The highest BCUT2D eigenvalue weighted by Crippen LogP contribution is 2.56. The van der Waals surface area contributed by atoms with Crippen molar-refractivity contribution < 1.29 is 38.2 Å². The lowest BCUT2D eigenvalue weighted by Crippen LogP contribution is -2.73. The van der Waals surface area contributed by atoms with E-state index in [-0.39, 0.29) is 48.1 Å². The van der Waals surface area contributed by atoms with E-state index in [2.05, 4.69) is 61.8 Å². The van der Waals surface area contributed by atoms with Crippen molar-refractivity contribution in [1.82, 2.24) is 20.4 Å². The maximum absolute atomic E-state index is 13.5. The van der Waals surface area contributed by atoms with Gasteiger partial charge in [-0.3, -0.25) is 39.2 Å². The smallest absolute Gasteiger partial charge is 0.262 e. The van der Waals surface area contributed by atoms with Gasteiger partial charge in [-0.05, 0) is 93.5 Å². The number of amides is 5. The number of imide groups is 2. The molecule has 3 aliphatic heterocycles. The van der Waals surface area contributed by atoms with Crippen LogP contribution in [-0.2, 0) is 14.3 Å². The van der Waals surface area contributed by atoms with Gasteiger partial charge in [0.1, 0.15) is 35.5 Å². The molecular formula is C48H54N6O8. The Morgan fingerprint density at radius 1 is 1.02 bits per heavy atom. The van der Waals surface area contributed by atoms with Crippen LogP contribution in [0, 0.1) is 22.2 Å². The Hall–Kier alpha value is -6.33. The summed E-state index contributed by atoms with van der Waals surface area (Å²) in [6.45, 7) is 14.0. The summed E-state index contributed by atoms with van der Waals surface area (Å²) < 4.78 is 18.8. The quantitative estimate of drug-likeness (QED) is 0.0683. The predicted molar refractivity (Wildman–Crippen MR) is 231 cm³/mol. The van der Waals surface area contributed by atoms with Crippen LogP contribution >= 0.6 is 0 Å². The predicted octanol–water partition coefficient (Wildman–Crippen LogP) is 5.87. The minimum Gasteiger partial charge on any atom is -0.494 e. The Kier molecular flexibility index (Phi) is 12.7. The number of piperidine rings is 1. The van der Waals surface area contributed by atoms with Gasteiger partial charge in [0.15, 0.2) is 0 Å². The second-order valence-electron chi connectivity index (χ2n) is 17.8. The van der Waals surface area contributed by atoms with Gasteiger partial charge in [0.05, 0.1) is 30.3 Å². The van der Waals surface area contributed by atoms with Crippen LogP contribution in [0.5, 0.6) is 11.5 Å². The van der Waals surface area contributed by atoms with Crippen molar-refractivity contribution in [3.05, 3.63) is 107 Å². The van der Waals surface area contributed by atoms with Gasteiger partial charge in [0.2, 0.25) is 11.8 Å². The van der Waals surface area contributed by atoms with E-state index in [1.807, 2.05) is 30.4 Å². The number of dihydropyridines is 1. The first-order valence-corrected chi connectivity index (χ1v) is 21.2. The van der Waals surface area contributed by atoms with Gasteiger partial charge in [-0.1, -0.05) is 40.3 Å². The molecule has 14 nitrogen and oxygen atoms in total. The number of nitrogens with zero attached hydrogens (tertiary/aromatic N) is 4. The molecule has 0 radical (unpaired) electrons. The zero-order valence-corrected chi connectivity index (χ0v) is 35.9. The summed E-state index contributed by atoms with van der Waals surface area (Å²) in [4.78, 5) is 71.2. The molecule has 14 heteroatoms. The molecule has 0 aromatic heterocycles. The number of fused-ring (bicyclic) bond motifs is 1. The summed E-state index contributed by atoms with van der Waals surface area (Å²) in [6.07, 6.45) is 12.3. The Morgan fingerprint density at radius 2 is 1.73 bits per heavy atom. The third-order valence-corrected chi connectivity index (χ3v) is 12.7. The molecule has 0 spiro atoms. The Labute approximate surface area is 362 Å². The molecule has 1 saturated heterocycles. The van der Waals surface area contributed by atoms with Gasteiger partial charge in [-0.2, -0.15) is 5.26 Å². The number of benzene rings is 2. The van der Waals surface area contributed by atoms with Gasteiger partial charge < -0.3 is 24.4 Å². The molecule has 5 aliphatic rings. The molecule has 2 aromatic carbocycles. The Morgan fingerprint density at radius 3 is 2.40 bits per heavy atom. The lowest BCUT2D eigenvalue weighted by molar-refractivity contribution is -0.188. The zero-order valence-electron chi connectivity index (χ0n) is 35.9. The van der Waals surface area contributed by atoms with Crippen LogP contribution in [0.15, 0.2) is 95.2 Å². The molecule has 62 heavy (non-hydrogen) atoms. The van der Waals surface area contributed by atoms with Gasteiger partial charge in [-0.25, -0.2) is 0 Å². The third kappa shape index (κ3) is 8.99. The van der Waals surface area contributed by atoms with Crippen LogP contribution in [0.3, 0.4) is 0 Å². The zero-order chi connectivity index (χ0) is 44.3. The fourth-order valence-corrected chi connectivity index (χ4v) is 9.41. The second-order valence-corrected chi connectivity index (χ2v) is 17.8. The van der Waals surface area contributed by atoms with Crippen molar-refractivity contribution >= 4 is 35.8 Å². The Balaban J connectivity index is 0.814. The minimum atomic E-state index is -1.01. The van der Waals surface area contributed by atoms with E-state index in [0.717, 1.165) is 42.7 Å². The first kappa shape index (κ1) is 43.7. The summed E-state index contributed by atoms with van der Waals surface area (Å²) in [5.74, 6) is -0.485. The standard InChI is InChI=1S/C48H54N6O8/c1-29(27-49)11-19-39(31-10-9-21-50-28-31)62-46-47(2,3)45(48(46,4)5)52-41(56)30-12-14-33(15-13-30)60-23-8-7-22-53(6)32-24-35(25-32)61-34-16-17-36-37(26-34)44(59)54(43(36)58)38-18-20-40(55)51-42(38)57/h9-17,19,21,26,32,35,38,45-46H,1,7-8,18,20,22-25,28H2,2-6H3,(H,52,56)(H,51,55,57)/b19-11-,39-31+. The number of carbonyl (C=O) groups is 5. The molecule has 3 heterocycles. The molecule has 2 aliphatic carbocycles. The van der Waals surface area contributed by atoms with E-state index in [4.69, 9.17) is 14.2 Å². The molecule has 3 fully saturated rings. The van der Waals surface area contributed by atoms with E-state index in [1.54, 1.807) is 48.7 Å². The molecule has 2 N–H and O–H groups in total. The maximum atomic E-state index is 13.5. The molecule has 1 atom stereocenters. The first-order chi connectivity index (χ1) is 29.6. The summed E-state index contributed by atoms with van der Waals surface area (Å²) in [7, 11) is 2.10. The maximum Gasteiger partial charge on any atom is 0.262 e. The number of nitrogens with one attached hydrogen (secondary N) is 2. The lowest BCUT2D eigenvalue weighted by atomic mass is 9.49. The fraction of sp³-hybridized carbons (Fsp3) is 0.438. The van der Waals surface area contributed by atoms with Gasteiger partial charge in [0.25, 0.3) is 17.7 Å². The van der Waals surface area contributed by atoms with Gasteiger partial charge in [-0.15, -0.1) is 0 Å². The highest BCUT2D eigenvalue weighted by atomic mass is 16.5. The summed E-state index contributed by atoms with van der Waals surface area (Å²) >= 11 is 0. The van der Waals surface area contributed by atoms with Crippen LogP contribution in [0.4, 0.5) is 0 Å². The summed E-state index contributed by atoms with van der Waals surface area (Å²) in [5, 5.41) is 14.7. The molecule has 1 unspecified atom stereocenters. The highest BCUT2D eigenvalue weighted by Gasteiger charge is 2.64. The van der Waals surface area contributed by atoms with E-state index >= 15 is 0 Å². The van der Waals surface area contributed by atoms with Gasteiger partial charge >= 0.3 is 0 Å². The third-order valence-electron chi connectivity index (χ3n) is 12.7. The number of nitriles is 1. The average molecular weight is 843 g/mol. The van der Waals surface area contributed by atoms with Crippen molar-refractivity contribution in [1.29, 1.82) is 5.26 Å². The molecule has 2 aromatic rings. The Bertz CT molecular complexity index is 2300. The molecule has 324 valence electrons. The topological polar surface area (TPSA) is 180 Å². The number of allylic oxidation sites excluding steroid dienone is 4. The fourth-order valence-electron chi connectivity index (χ4n) is 9.41. The number of unbranched alkanes of at least 4 members (excludes halogenated alkanes) is 1. The molecule has 7 rings (SSSR count). The largest absolute Gasteiger partial charge is 0.494 e. The second kappa shape index (κ2) is 17.9. The molecular weight excluding hydrogens is 789 g/mol. The summed E-state index contributed by atoms with van der Waals surface area (Å²) in [6, 6.07) is 13.2. The van der Waals surface area contributed by atoms with Gasteiger partial charge in [0, 0.05) is 65.1 Å². The highest BCUT2D eigenvalue weighted by molar-refractivity contribution is 6.23. The van der Waals surface area contributed by atoms with Crippen LogP contribution < -0.4 is 20.1 Å². The average Bonchev–Trinajstić information content (AvgIpc) is 3.48. The number of carbonyl (C=O) groups excluding carboxylic acids is 5. The van der Waals surface area contributed by atoms with Crippen molar-refractivity contribution in [2.24, 2.45) is 15.8 Å². The van der Waals surface area contributed by atoms with Crippen LogP contribution in [0.1, 0.15) is 97.3 Å². The minimum absolute atomic E-state index is 0.0219. The van der Waals surface area contributed by atoms with Crippen molar-refractivity contribution in [2.45, 2.75) is 96.6 Å². The van der Waals surface area contributed by atoms with Crippen LogP contribution in [-0.4, -0.2) is 103 Å². The first-order valence-electron chi connectivity index (χ1n) is 21.2. The number of hydrogen-bond donors (Lipinski definition) is 2. The van der Waals surface area contributed by atoms with Crippen molar-refractivity contribution in [2.75, 3.05) is 26.7 Å². The van der Waals surface area contributed by atoms with E-state index in [9.17, 15) is 29.2 Å². The number of rotatable bonds is 16. The monoisotopic (exact) mass is 842 g/mol. The van der Waals surface area contributed by atoms with Crippen molar-refractivity contribution in [3.8, 4) is 17.6 Å². The SMILES string of the molecule is C=C(C#N)/C=C\C(OC1C(C)(C)C(NC(=O)c2ccc(OCCCCN(C)C3CC(Oc4ccc5c(c4)C(=O)N(C4CCC(=O)NC4=O)C5=O)C3)cc2)C1(C)C)=C1\C=CC=NC1. The van der Waals surface area contributed by atoms with E-state index < -0.39 is 40.5 Å². The summed E-state index contributed by atoms with van der Waals surface area (Å²) in [5.41, 5.74) is 1.39. The van der Waals surface area contributed by atoms with Crippen LogP contribution in [0.2, 0.25) is 0 Å². The van der Waals surface area contributed by atoms with E-state index in [0.29, 0.717) is 47.6 Å². The molecule has 0 bridgehead atoms. The number of hydrogen-bond acceptors (Lipinski definition) is 11. The molecule has 5 amide bonds. The van der Waals surface area contributed by atoms with E-state index in [1.165, 1.54) is 0 Å². The van der Waals surface area contributed by atoms with Crippen LogP contribution in [0.25, 0.3) is 0 Å². The lowest BCUT2D eigenvalue weighted by Gasteiger charge is -2.63. The number of ether oxygens (including phenoxy) is 3. The number of aliphatic imine (C=N–C) groups is 1.